The van der Waals surface area contributed by atoms with Crippen molar-refractivity contribution >= 4 is 11.8 Å². The highest BCUT2D eigenvalue weighted by molar-refractivity contribution is 7.98. The lowest BCUT2D eigenvalue weighted by molar-refractivity contribution is 0.572. The molecule has 2 aromatic carbocycles. The van der Waals surface area contributed by atoms with Crippen LogP contribution >= 0.6 is 11.8 Å². The zero-order valence-electron chi connectivity index (χ0n) is 15.3. The predicted octanol–water partition coefficient (Wildman–Crippen LogP) is 3.72. The van der Waals surface area contributed by atoms with E-state index in [1.165, 1.54) is 11.1 Å². The van der Waals surface area contributed by atoms with Crippen molar-refractivity contribution < 1.29 is 0 Å². The number of benzene rings is 2. The molecule has 0 aliphatic heterocycles. The molecule has 136 valence electrons. The lowest BCUT2D eigenvalue weighted by Gasteiger charge is -2.04. The molecule has 4 rings (SSSR count). The molecular weight excluding hydrogens is 356 g/mol. The van der Waals surface area contributed by atoms with Crippen molar-refractivity contribution in [2.24, 2.45) is 7.05 Å². The molecule has 27 heavy (non-hydrogen) atoms. The van der Waals surface area contributed by atoms with Crippen molar-refractivity contribution in [1.29, 1.82) is 0 Å². The van der Waals surface area contributed by atoms with Crippen molar-refractivity contribution in [3.05, 3.63) is 77.5 Å². The third-order valence-electron chi connectivity index (χ3n) is 4.20. The Kier molecular flexibility index (Phi) is 5.02. The van der Waals surface area contributed by atoms with Crippen molar-refractivity contribution in [2.75, 3.05) is 0 Å². The number of rotatable bonds is 6. The van der Waals surface area contributed by atoms with E-state index in [1.54, 1.807) is 22.8 Å². The molecule has 0 unspecified atom stereocenters. The molecule has 0 bridgehead atoms. The quantitative estimate of drug-likeness (QED) is 0.480. The van der Waals surface area contributed by atoms with E-state index in [4.69, 9.17) is 0 Å². The average Bonchev–Trinajstić information content (AvgIpc) is 3.27. The molecule has 6 nitrogen and oxygen atoms in total. The molecule has 7 heteroatoms. The number of tetrazole rings is 1. The van der Waals surface area contributed by atoms with Crippen LogP contribution in [0, 0.1) is 6.92 Å². The molecule has 0 atom stereocenters. The fraction of sp³-hybridized carbons (Fsp3) is 0.200. The van der Waals surface area contributed by atoms with E-state index in [-0.39, 0.29) is 0 Å². The van der Waals surface area contributed by atoms with Gasteiger partial charge in [-0.3, -0.25) is 4.68 Å². The Morgan fingerprint density at radius 2 is 1.81 bits per heavy atom. The van der Waals surface area contributed by atoms with Gasteiger partial charge in [0, 0.05) is 12.8 Å². The summed E-state index contributed by atoms with van der Waals surface area (Å²) in [6.07, 6.45) is 1.81. The van der Waals surface area contributed by atoms with Crippen LogP contribution in [0.5, 0.6) is 0 Å². The summed E-state index contributed by atoms with van der Waals surface area (Å²) in [5.41, 5.74) is 4.56. The van der Waals surface area contributed by atoms with Crippen LogP contribution in [-0.4, -0.2) is 30.0 Å². The molecule has 4 aromatic rings. The van der Waals surface area contributed by atoms with E-state index in [1.807, 2.05) is 23.9 Å². The minimum Gasteiger partial charge on any atom is -0.261 e. The van der Waals surface area contributed by atoms with E-state index in [0.29, 0.717) is 12.4 Å². The number of hydrogen-bond acceptors (Lipinski definition) is 5. The summed E-state index contributed by atoms with van der Waals surface area (Å²) in [5, 5.41) is 18.5. The smallest absolute Gasteiger partial charge is 0.209 e. The molecule has 0 aliphatic carbocycles. The van der Waals surface area contributed by atoms with Crippen molar-refractivity contribution in [3.8, 4) is 11.4 Å². The van der Waals surface area contributed by atoms with Gasteiger partial charge in [-0.1, -0.05) is 60.2 Å². The normalized spacial score (nSPS) is 11.0. The van der Waals surface area contributed by atoms with Gasteiger partial charge >= 0.3 is 0 Å². The van der Waals surface area contributed by atoms with Crippen LogP contribution < -0.4 is 0 Å². The van der Waals surface area contributed by atoms with E-state index in [0.717, 1.165) is 21.9 Å². The highest BCUT2D eigenvalue weighted by Crippen LogP contribution is 2.30. The van der Waals surface area contributed by atoms with Gasteiger partial charge in [0.25, 0.3) is 0 Å². The highest BCUT2D eigenvalue weighted by atomic mass is 32.2. The van der Waals surface area contributed by atoms with Crippen LogP contribution in [0.3, 0.4) is 0 Å². The van der Waals surface area contributed by atoms with E-state index in [9.17, 15) is 0 Å². The van der Waals surface area contributed by atoms with Crippen LogP contribution in [0.2, 0.25) is 0 Å². The molecule has 2 heterocycles. The summed E-state index contributed by atoms with van der Waals surface area (Å²) in [6.45, 7) is 2.68. The second-order valence-electron chi connectivity index (χ2n) is 6.39. The lowest BCUT2D eigenvalue weighted by atomic mass is 10.1. The molecule has 2 aromatic heterocycles. The van der Waals surface area contributed by atoms with Crippen molar-refractivity contribution in [2.45, 2.75) is 24.2 Å². The van der Waals surface area contributed by atoms with Crippen molar-refractivity contribution in [1.82, 2.24) is 30.0 Å². The summed E-state index contributed by atoms with van der Waals surface area (Å²) in [4.78, 5) is 1.63. The zero-order chi connectivity index (χ0) is 18.6. The Bertz CT molecular complexity index is 1040. The Hall–Kier alpha value is -2.93. The first-order valence-electron chi connectivity index (χ1n) is 8.71. The molecule has 0 aliphatic rings. The number of aromatic nitrogens is 6. The maximum absolute atomic E-state index is 4.56. The summed E-state index contributed by atoms with van der Waals surface area (Å²) in [7, 11) is 1.94. The Morgan fingerprint density at radius 3 is 2.63 bits per heavy atom. The summed E-state index contributed by atoms with van der Waals surface area (Å²) < 4.78 is 1.87. The first-order chi connectivity index (χ1) is 13.2. The van der Waals surface area contributed by atoms with Gasteiger partial charge in [-0.05, 0) is 23.3 Å². The standard InChI is InChI=1S/C20H20N6S/c1-15-7-6-10-17(11-15)13-26-23-19(22-24-26)18-12-21-25(2)20(18)27-14-16-8-4-3-5-9-16/h3-12H,13-14H2,1-2H3. The third-order valence-corrected chi connectivity index (χ3v) is 5.44. The number of hydrogen-bond donors (Lipinski definition) is 0. The van der Waals surface area contributed by atoms with Gasteiger partial charge in [0.2, 0.25) is 5.82 Å². The van der Waals surface area contributed by atoms with Gasteiger partial charge in [-0.25, -0.2) is 0 Å². The second kappa shape index (κ2) is 7.75. The largest absolute Gasteiger partial charge is 0.261 e. The van der Waals surface area contributed by atoms with Gasteiger partial charge in [-0.2, -0.15) is 9.90 Å². The minimum absolute atomic E-state index is 0.599. The van der Waals surface area contributed by atoms with E-state index >= 15 is 0 Å². The molecule has 0 fully saturated rings. The number of aryl methyl sites for hydroxylation is 2. The fourth-order valence-electron chi connectivity index (χ4n) is 2.87. The van der Waals surface area contributed by atoms with Gasteiger partial charge in [0.15, 0.2) is 0 Å². The number of nitrogens with zero attached hydrogens (tertiary/aromatic N) is 6. The Morgan fingerprint density at radius 1 is 1.00 bits per heavy atom. The number of thioether (sulfide) groups is 1. The van der Waals surface area contributed by atoms with Gasteiger partial charge in [0.05, 0.1) is 18.3 Å². The lowest BCUT2D eigenvalue weighted by Crippen LogP contribution is -2.04. The summed E-state index contributed by atoms with van der Waals surface area (Å²) >= 11 is 1.73. The van der Waals surface area contributed by atoms with Gasteiger partial charge in [-0.15, -0.1) is 22.0 Å². The monoisotopic (exact) mass is 376 g/mol. The van der Waals surface area contributed by atoms with Crippen LogP contribution in [0.4, 0.5) is 0 Å². The molecule has 0 saturated heterocycles. The molecular formula is C20H20N6S. The Balaban J connectivity index is 1.53. The van der Waals surface area contributed by atoms with Gasteiger partial charge in [0.1, 0.15) is 5.03 Å². The minimum atomic E-state index is 0.599. The fourth-order valence-corrected chi connectivity index (χ4v) is 3.90. The summed E-state index contributed by atoms with van der Waals surface area (Å²) in [6, 6.07) is 18.7. The maximum Gasteiger partial charge on any atom is 0.209 e. The van der Waals surface area contributed by atoms with Crippen LogP contribution in [-0.2, 0) is 19.3 Å². The first-order valence-corrected chi connectivity index (χ1v) is 9.70. The third kappa shape index (κ3) is 4.09. The Labute approximate surface area is 162 Å². The van der Waals surface area contributed by atoms with Crippen LogP contribution in [0.15, 0.2) is 65.8 Å². The molecule has 0 saturated carbocycles. The van der Waals surface area contributed by atoms with E-state index < -0.39 is 0 Å². The maximum atomic E-state index is 4.56. The van der Waals surface area contributed by atoms with Gasteiger partial charge < -0.3 is 0 Å². The topological polar surface area (TPSA) is 61.4 Å². The predicted molar refractivity (Wildman–Crippen MR) is 106 cm³/mol. The first kappa shape index (κ1) is 17.5. The summed E-state index contributed by atoms with van der Waals surface area (Å²) in [5.74, 6) is 1.47. The molecule has 0 amide bonds. The average molecular weight is 376 g/mol. The van der Waals surface area contributed by atoms with Crippen molar-refractivity contribution in [3.63, 3.8) is 0 Å². The molecule has 0 radical (unpaired) electrons. The SMILES string of the molecule is Cc1cccc(Cn2nnc(-c3cnn(C)c3SCc3ccccc3)n2)c1. The highest BCUT2D eigenvalue weighted by Gasteiger charge is 2.16. The van der Waals surface area contributed by atoms with Crippen LogP contribution in [0.1, 0.15) is 16.7 Å². The second-order valence-corrected chi connectivity index (χ2v) is 7.36. The molecule has 0 N–H and O–H groups in total. The van der Waals surface area contributed by atoms with Crippen LogP contribution in [0.25, 0.3) is 11.4 Å². The zero-order valence-corrected chi connectivity index (χ0v) is 16.1. The van der Waals surface area contributed by atoms with E-state index in [2.05, 4.69) is 69.9 Å². The molecule has 0 spiro atoms.